The van der Waals surface area contributed by atoms with Gasteiger partial charge in [-0.15, -0.1) is 11.8 Å². The molecule has 0 unspecified atom stereocenters. The van der Waals surface area contributed by atoms with Crippen LogP contribution in [0.4, 0.5) is 0 Å². The zero-order chi connectivity index (χ0) is 17.8. The van der Waals surface area contributed by atoms with Crippen LogP contribution in [-0.2, 0) is 0 Å². The van der Waals surface area contributed by atoms with E-state index in [4.69, 9.17) is 9.47 Å². The second kappa shape index (κ2) is 7.83. The molecule has 2 aromatic rings. The molecule has 0 spiro atoms. The lowest BCUT2D eigenvalue weighted by atomic mass is 9.97. The van der Waals surface area contributed by atoms with Crippen molar-refractivity contribution in [2.24, 2.45) is 0 Å². The summed E-state index contributed by atoms with van der Waals surface area (Å²) in [5, 5.41) is 0. The van der Waals surface area contributed by atoms with Gasteiger partial charge in [0.15, 0.2) is 0 Å². The molecule has 1 fully saturated rings. The first-order valence-electron chi connectivity index (χ1n) is 8.32. The Kier molecular flexibility index (Phi) is 5.53. The summed E-state index contributed by atoms with van der Waals surface area (Å²) in [5.74, 6) is 2.03. The second-order valence-corrected chi connectivity index (χ2v) is 6.89. The molecule has 1 saturated heterocycles. The Balaban J connectivity index is 1.81. The van der Waals surface area contributed by atoms with Crippen molar-refractivity contribution in [3.8, 4) is 11.5 Å². The molecule has 1 heterocycles. The van der Waals surface area contributed by atoms with Crippen molar-refractivity contribution in [3.05, 3.63) is 53.6 Å². The lowest BCUT2D eigenvalue weighted by Crippen LogP contribution is -2.28. The fraction of sp³-hybridized carbons (Fsp3) is 0.350. The Labute approximate surface area is 153 Å². The minimum absolute atomic E-state index is 0.106. The number of likely N-dealkylation sites (tertiary alicyclic amines) is 1. The SMILES string of the molecule is COc1ccc(OC)c([C@@H]2CCN(C(=O)c3ccccc3SC)C2)c1. The van der Waals surface area contributed by atoms with Crippen molar-refractivity contribution < 1.29 is 14.3 Å². The molecule has 0 aliphatic carbocycles. The third-order valence-electron chi connectivity index (χ3n) is 4.69. The average molecular weight is 357 g/mol. The van der Waals surface area contributed by atoms with Crippen molar-refractivity contribution in [3.63, 3.8) is 0 Å². The number of amides is 1. The van der Waals surface area contributed by atoms with Gasteiger partial charge in [0.05, 0.1) is 19.8 Å². The van der Waals surface area contributed by atoms with Crippen molar-refractivity contribution in [2.45, 2.75) is 17.2 Å². The van der Waals surface area contributed by atoms with Gasteiger partial charge in [-0.05, 0) is 43.0 Å². The third-order valence-corrected chi connectivity index (χ3v) is 5.49. The maximum Gasteiger partial charge on any atom is 0.255 e. The molecule has 132 valence electrons. The van der Waals surface area contributed by atoms with Gasteiger partial charge in [0, 0.05) is 29.5 Å². The van der Waals surface area contributed by atoms with E-state index in [-0.39, 0.29) is 11.8 Å². The molecule has 25 heavy (non-hydrogen) atoms. The van der Waals surface area contributed by atoms with E-state index in [1.165, 1.54) is 0 Å². The average Bonchev–Trinajstić information content (AvgIpc) is 3.16. The number of methoxy groups -OCH3 is 2. The van der Waals surface area contributed by atoms with Crippen molar-refractivity contribution in [1.82, 2.24) is 4.90 Å². The predicted octanol–water partition coefficient (Wildman–Crippen LogP) is 4.06. The molecule has 2 aromatic carbocycles. The zero-order valence-electron chi connectivity index (χ0n) is 14.8. The van der Waals surface area contributed by atoms with Crippen LogP contribution < -0.4 is 9.47 Å². The highest BCUT2D eigenvalue weighted by molar-refractivity contribution is 7.98. The van der Waals surface area contributed by atoms with Gasteiger partial charge >= 0.3 is 0 Å². The van der Waals surface area contributed by atoms with Gasteiger partial charge in [-0.1, -0.05) is 12.1 Å². The Morgan fingerprint density at radius 2 is 1.96 bits per heavy atom. The van der Waals surface area contributed by atoms with Crippen molar-refractivity contribution >= 4 is 17.7 Å². The van der Waals surface area contributed by atoms with Gasteiger partial charge in [-0.3, -0.25) is 4.79 Å². The van der Waals surface area contributed by atoms with Crippen LogP contribution in [0.3, 0.4) is 0 Å². The summed E-state index contributed by atoms with van der Waals surface area (Å²) in [4.78, 5) is 15.9. The molecule has 1 aliphatic heterocycles. The Morgan fingerprint density at radius 3 is 2.68 bits per heavy atom. The quantitative estimate of drug-likeness (QED) is 0.757. The summed E-state index contributed by atoms with van der Waals surface area (Å²) in [6.07, 6.45) is 2.93. The summed E-state index contributed by atoms with van der Waals surface area (Å²) in [6.45, 7) is 1.46. The van der Waals surface area contributed by atoms with Crippen LogP contribution in [0.5, 0.6) is 11.5 Å². The van der Waals surface area contributed by atoms with E-state index in [9.17, 15) is 4.79 Å². The Bertz CT molecular complexity index is 762. The smallest absolute Gasteiger partial charge is 0.255 e. The molecule has 0 radical (unpaired) electrons. The zero-order valence-corrected chi connectivity index (χ0v) is 15.6. The van der Waals surface area contributed by atoms with Gasteiger partial charge in [0.25, 0.3) is 5.91 Å². The minimum Gasteiger partial charge on any atom is -0.497 e. The van der Waals surface area contributed by atoms with Gasteiger partial charge in [0.2, 0.25) is 0 Å². The summed E-state index contributed by atoms with van der Waals surface area (Å²) < 4.78 is 10.9. The summed E-state index contributed by atoms with van der Waals surface area (Å²) in [6, 6.07) is 13.6. The molecule has 3 rings (SSSR count). The first-order chi connectivity index (χ1) is 12.2. The lowest BCUT2D eigenvalue weighted by molar-refractivity contribution is 0.0787. The first kappa shape index (κ1) is 17.7. The maximum absolute atomic E-state index is 12.9. The fourth-order valence-electron chi connectivity index (χ4n) is 3.35. The van der Waals surface area contributed by atoms with E-state index in [1.54, 1.807) is 26.0 Å². The van der Waals surface area contributed by atoms with E-state index in [0.717, 1.165) is 40.5 Å². The van der Waals surface area contributed by atoms with E-state index >= 15 is 0 Å². The molecule has 1 amide bonds. The van der Waals surface area contributed by atoms with Crippen LogP contribution in [-0.4, -0.2) is 44.4 Å². The second-order valence-electron chi connectivity index (χ2n) is 6.04. The first-order valence-corrected chi connectivity index (χ1v) is 9.54. The number of hydrogen-bond acceptors (Lipinski definition) is 4. The number of hydrogen-bond donors (Lipinski definition) is 0. The molecular weight excluding hydrogens is 334 g/mol. The molecule has 0 N–H and O–H groups in total. The highest BCUT2D eigenvalue weighted by Crippen LogP contribution is 2.36. The van der Waals surface area contributed by atoms with Crippen LogP contribution in [0.1, 0.15) is 28.3 Å². The Hall–Kier alpha value is -2.14. The monoisotopic (exact) mass is 357 g/mol. The Morgan fingerprint density at radius 1 is 1.16 bits per heavy atom. The molecule has 5 heteroatoms. The van der Waals surface area contributed by atoms with E-state index in [0.29, 0.717) is 6.54 Å². The van der Waals surface area contributed by atoms with Crippen LogP contribution >= 0.6 is 11.8 Å². The number of carbonyl (C=O) groups is 1. The van der Waals surface area contributed by atoms with Crippen molar-refractivity contribution in [2.75, 3.05) is 33.6 Å². The lowest BCUT2D eigenvalue weighted by Gasteiger charge is -2.19. The van der Waals surface area contributed by atoms with Crippen LogP contribution in [0.2, 0.25) is 0 Å². The van der Waals surface area contributed by atoms with Crippen LogP contribution in [0.15, 0.2) is 47.4 Å². The molecule has 1 aliphatic rings. The van der Waals surface area contributed by atoms with Crippen molar-refractivity contribution in [1.29, 1.82) is 0 Å². The molecular formula is C20H23NO3S. The topological polar surface area (TPSA) is 38.8 Å². The minimum atomic E-state index is 0.106. The number of benzene rings is 2. The molecule has 0 saturated carbocycles. The number of ether oxygens (including phenoxy) is 2. The summed E-state index contributed by atoms with van der Waals surface area (Å²) in [7, 11) is 3.34. The van der Waals surface area contributed by atoms with Gasteiger partial charge < -0.3 is 14.4 Å². The predicted molar refractivity (Wildman–Crippen MR) is 101 cm³/mol. The normalized spacial score (nSPS) is 16.8. The highest BCUT2D eigenvalue weighted by atomic mass is 32.2. The summed E-state index contributed by atoms with van der Waals surface area (Å²) in [5.41, 5.74) is 1.89. The summed E-state index contributed by atoms with van der Waals surface area (Å²) >= 11 is 1.61. The maximum atomic E-state index is 12.9. The largest absolute Gasteiger partial charge is 0.497 e. The van der Waals surface area contributed by atoms with Gasteiger partial charge in [0.1, 0.15) is 11.5 Å². The van der Waals surface area contributed by atoms with Crippen LogP contribution in [0.25, 0.3) is 0 Å². The van der Waals surface area contributed by atoms with E-state index in [2.05, 4.69) is 0 Å². The van der Waals surface area contributed by atoms with Gasteiger partial charge in [-0.25, -0.2) is 0 Å². The molecule has 4 nitrogen and oxygen atoms in total. The number of nitrogens with zero attached hydrogens (tertiary/aromatic N) is 1. The highest BCUT2D eigenvalue weighted by Gasteiger charge is 2.30. The van der Waals surface area contributed by atoms with E-state index < -0.39 is 0 Å². The standard InChI is InChI=1S/C20H23NO3S/c1-23-15-8-9-18(24-2)17(12-15)14-10-11-21(13-14)20(22)16-6-4-5-7-19(16)25-3/h4-9,12,14H,10-11,13H2,1-3H3/t14-/m1/s1. The molecule has 0 aromatic heterocycles. The molecule has 1 atom stereocenters. The number of thioether (sulfide) groups is 1. The third kappa shape index (κ3) is 3.61. The number of rotatable bonds is 5. The fourth-order valence-corrected chi connectivity index (χ4v) is 3.94. The van der Waals surface area contributed by atoms with E-state index in [1.807, 2.05) is 53.6 Å². The number of carbonyl (C=O) groups excluding carboxylic acids is 1. The van der Waals surface area contributed by atoms with Gasteiger partial charge in [-0.2, -0.15) is 0 Å². The molecule has 0 bridgehead atoms. The van der Waals surface area contributed by atoms with Crippen LogP contribution in [0, 0.1) is 0 Å².